The van der Waals surface area contributed by atoms with Gasteiger partial charge < -0.3 is 10.1 Å². The zero-order valence-electron chi connectivity index (χ0n) is 15.4. The molecule has 0 bridgehead atoms. The Labute approximate surface area is 162 Å². The number of amides is 1. The minimum absolute atomic E-state index is 0.205. The van der Waals surface area contributed by atoms with E-state index in [2.05, 4.69) is 12.2 Å². The molecule has 4 rings (SSSR count). The van der Waals surface area contributed by atoms with Crippen molar-refractivity contribution in [1.29, 1.82) is 0 Å². The zero-order valence-corrected chi connectivity index (χ0v) is 16.2. The average molecular weight is 379 g/mol. The van der Waals surface area contributed by atoms with Gasteiger partial charge in [0, 0.05) is 10.4 Å². The second kappa shape index (κ2) is 7.16. The summed E-state index contributed by atoms with van der Waals surface area (Å²) in [5, 5.41) is 5.49. The Morgan fingerprint density at radius 3 is 2.74 bits per heavy atom. The fraction of sp³-hybridized carbons (Fsp3) is 0.273. The molecule has 27 heavy (non-hydrogen) atoms. The van der Waals surface area contributed by atoms with E-state index in [9.17, 15) is 9.59 Å². The number of rotatable bonds is 3. The summed E-state index contributed by atoms with van der Waals surface area (Å²) in [5.41, 5.74) is 2.17. The third kappa shape index (κ3) is 3.23. The molecule has 1 aliphatic rings. The van der Waals surface area contributed by atoms with E-state index in [4.69, 9.17) is 4.74 Å². The maximum absolute atomic E-state index is 13.0. The number of carbonyl (C=O) groups excluding carboxylic acids is 2. The monoisotopic (exact) mass is 379 g/mol. The molecule has 1 heterocycles. The topological polar surface area (TPSA) is 55.4 Å². The molecule has 138 valence electrons. The summed E-state index contributed by atoms with van der Waals surface area (Å²) >= 11 is 1.51. The number of carbonyl (C=O) groups is 2. The molecule has 5 heteroatoms. The highest BCUT2D eigenvalue weighted by Gasteiger charge is 2.29. The molecule has 0 aliphatic heterocycles. The number of ether oxygens (including phenoxy) is 1. The van der Waals surface area contributed by atoms with Crippen LogP contribution in [0.15, 0.2) is 42.5 Å². The van der Waals surface area contributed by atoms with Crippen LogP contribution in [0.25, 0.3) is 10.8 Å². The van der Waals surface area contributed by atoms with E-state index in [0.717, 1.165) is 35.6 Å². The maximum atomic E-state index is 13.0. The van der Waals surface area contributed by atoms with Crippen molar-refractivity contribution < 1.29 is 14.3 Å². The van der Waals surface area contributed by atoms with Crippen molar-refractivity contribution in [3.8, 4) is 0 Å². The van der Waals surface area contributed by atoms with Crippen molar-refractivity contribution in [2.45, 2.75) is 26.2 Å². The van der Waals surface area contributed by atoms with Crippen molar-refractivity contribution in [3.05, 3.63) is 64.0 Å². The third-order valence-electron chi connectivity index (χ3n) is 5.16. The van der Waals surface area contributed by atoms with Gasteiger partial charge in [-0.3, -0.25) is 4.79 Å². The van der Waals surface area contributed by atoms with Gasteiger partial charge >= 0.3 is 5.97 Å². The number of anilines is 1. The van der Waals surface area contributed by atoms with Gasteiger partial charge in [0.25, 0.3) is 5.91 Å². The number of fused-ring (bicyclic) bond motifs is 2. The smallest absolute Gasteiger partial charge is 0.341 e. The van der Waals surface area contributed by atoms with Crippen LogP contribution in [0.4, 0.5) is 5.00 Å². The molecule has 1 unspecified atom stereocenters. The van der Waals surface area contributed by atoms with Crippen molar-refractivity contribution in [2.75, 3.05) is 12.4 Å². The molecular formula is C22H21NO3S. The highest BCUT2D eigenvalue weighted by Crippen LogP contribution is 2.40. The van der Waals surface area contributed by atoms with Crippen LogP contribution in [0.5, 0.6) is 0 Å². The Morgan fingerprint density at radius 1 is 1.15 bits per heavy atom. The lowest BCUT2D eigenvalue weighted by Crippen LogP contribution is -2.16. The van der Waals surface area contributed by atoms with Crippen molar-refractivity contribution in [1.82, 2.24) is 0 Å². The van der Waals surface area contributed by atoms with Crippen molar-refractivity contribution in [3.63, 3.8) is 0 Å². The molecule has 1 amide bonds. The van der Waals surface area contributed by atoms with Gasteiger partial charge in [0.05, 0.1) is 12.7 Å². The Bertz CT molecular complexity index is 1030. The molecule has 0 saturated carbocycles. The van der Waals surface area contributed by atoms with E-state index in [1.165, 1.54) is 23.3 Å². The standard InChI is InChI=1S/C22H21NO3S/c1-13-10-11-17-18(12-13)27-21(19(17)22(25)26-2)23-20(24)16-9-5-7-14-6-3-4-8-15(14)16/h3-9,13H,10-12H2,1-2H3,(H,23,24). The predicted molar refractivity (Wildman–Crippen MR) is 109 cm³/mol. The first-order valence-corrected chi connectivity index (χ1v) is 9.92. The fourth-order valence-corrected chi connectivity index (χ4v) is 5.14. The van der Waals surface area contributed by atoms with E-state index < -0.39 is 0 Å². The number of nitrogens with one attached hydrogen (secondary N) is 1. The van der Waals surface area contributed by atoms with Gasteiger partial charge in [0.1, 0.15) is 5.00 Å². The summed E-state index contributed by atoms with van der Waals surface area (Å²) in [4.78, 5) is 26.6. The second-order valence-electron chi connectivity index (χ2n) is 7.03. The number of hydrogen-bond donors (Lipinski definition) is 1. The van der Waals surface area contributed by atoms with Crippen LogP contribution in [0.2, 0.25) is 0 Å². The van der Waals surface area contributed by atoms with Gasteiger partial charge in [-0.2, -0.15) is 0 Å². The minimum Gasteiger partial charge on any atom is -0.465 e. The van der Waals surface area contributed by atoms with Gasteiger partial charge in [-0.1, -0.05) is 43.3 Å². The Balaban J connectivity index is 1.73. The maximum Gasteiger partial charge on any atom is 0.341 e. The van der Waals surface area contributed by atoms with E-state index in [-0.39, 0.29) is 11.9 Å². The van der Waals surface area contributed by atoms with Gasteiger partial charge in [0.2, 0.25) is 0 Å². The van der Waals surface area contributed by atoms with Gasteiger partial charge in [-0.15, -0.1) is 11.3 Å². The molecule has 3 aromatic rings. The van der Waals surface area contributed by atoms with E-state index >= 15 is 0 Å². The molecule has 1 aromatic heterocycles. The summed E-state index contributed by atoms with van der Waals surface area (Å²) < 4.78 is 5.00. The first-order chi connectivity index (χ1) is 13.1. The van der Waals surface area contributed by atoms with E-state index in [1.54, 1.807) is 0 Å². The lowest BCUT2D eigenvalue weighted by molar-refractivity contribution is 0.0601. The van der Waals surface area contributed by atoms with Crippen LogP contribution in [0.1, 0.15) is 44.5 Å². The summed E-state index contributed by atoms with van der Waals surface area (Å²) in [6, 6.07) is 13.5. The molecule has 2 aromatic carbocycles. The summed E-state index contributed by atoms with van der Waals surface area (Å²) in [5.74, 6) is 0.00198. The van der Waals surface area contributed by atoms with Gasteiger partial charge in [-0.25, -0.2) is 4.79 Å². The molecule has 4 nitrogen and oxygen atoms in total. The van der Waals surface area contributed by atoms with Crippen LogP contribution >= 0.6 is 11.3 Å². The Kier molecular flexibility index (Phi) is 4.70. The highest BCUT2D eigenvalue weighted by atomic mass is 32.1. The number of thiophene rings is 1. The van der Waals surface area contributed by atoms with Crippen LogP contribution in [-0.2, 0) is 17.6 Å². The molecule has 0 spiro atoms. The molecule has 1 atom stereocenters. The molecule has 0 saturated heterocycles. The Morgan fingerprint density at radius 2 is 1.93 bits per heavy atom. The number of hydrogen-bond acceptors (Lipinski definition) is 4. The van der Waals surface area contributed by atoms with Crippen LogP contribution in [0.3, 0.4) is 0 Å². The lowest BCUT2D eigenvalue weighted by atomic mass is 9.88. The van der Waals surface area contributed by atoms with Crippen molar-refractivity contribution in [2.24, 2.45) is 5.92 Å². The summed E-state index contributed by atoms with van der Waals surface area (Å²) in [7, 11) is 1.38. The average Bonchev–Trinajstić information content (AvgIpc) is 3.03. The quantitative estimate of drug-likeness (QED) is 0.647. The molecule has 1 aliphatic carbocycles. The van der Waals surface area contributed by atoms with Crippen LogP contribution < -0.4 is 5.32 Å². The predicted octanol–water partition coefficient (Wildman–Crippen LogP) is 5.07. The highest BCUT2D eigenvalue weighted by molar-refractivity contribution is 7.17. The summed E-state index contributed by atoms with van der Waals surface area (Å²) in [6.07, 6.45) is 2.83. The fourth-order valence-electron chi connectivity index (χ4n) is 3.75. The second-order valence-corrected chi connectivity index (χ2v) is 8.13. The Hall–Kier alpha value is -2.66. The molecular weight excluding hydrogens is 358 g/mol. The number of esters is 1. The summed E-state index contributed by atoms with van der Waals surface area (Å²) in [6.45, 7) is 2.22. The third-order valence-corrected chi connectivity index (χ3v) is 6.33. The van der Waals surface area contributed by atoms with Crippen LogP contribution in [-0.4, -0.2) is 19.0 Å². The van der Waals surface area contributed by atoms with Gasteiger partial charge in [0.15, 0.2) is 0 Å². The number of benzene rings is 2. The van der Waals surface area contributed by atoms with Gasteiger partial charge in [-0.05, 0) is 47.6 Å². The number of methoxy groups -OCH3 is 1. The normalized spacial score (nSPS) is 16.0. The molecule has 0 fully saturated rings. The molecule has 1 N–H and O–H groups in total. The van der Waals surface area contributed by atoms with E-state index in [0.29, 0.717) is 22.0 Å². The molecule has 0 radical (unpaired) electrons. The first-order valence-electron chi connectivity index (χ1n) is 9.10. The minimum atomic E-state index is -0.379. The van der Waals surface area contributed by atoms with E-state index in [1.807, 2.05) is 42.5 Å². The largest absolute Gasteiger partial charge is 0.465 e. The lowest BCUT2D eigenvalue weighted by Gasteiger charge is -2.18. The first kappa shape index (κ1) is 17.7. The SMILES string of the molecule is COC(=O)c1c(NC(=O)c2cccc3ccccc23)sc2c1CCC(C)C2. The van der Waals surface area contributed by atoms with Crippen LogP contribution in [0, 0.1) is 5.92 Å². The van der Waals surface area contributed by atoms with Crippen molar-refractivity contribution >= 4 is 39.0 Å². The zero-order chi connectivity index (χ0) is 19.0.